The molecule has 26 heavy (non-hydrogen) atoms. The molecule has 0 atom stereocenters. The Morgan fingerprint density at radius 2 is 2.04 bits per heavy atom. The van der Waals surface area contributed by atoms with Crippen LogP contribution in [0.1, 0.15) is 24.8 Å². The second-order valence-electron chi connectivity index (χ2n) is 6.49. The number of benzene rings is 1. The van der Waals surface area contributed by atoms with Gasteiger partial charge in [0.1, 0.15) is 5.82 Å². The minimum Gasteiger partial charge on any atom is -0.357 e. The molecule has 7 heteroatoms. The van der Waals surface area contributed by atoms with Crippen LogP contribution in [-0.4, -0.2) is 36.0 Å². The Morgan fingerprint density at radius 3 is 2.77 bits per heavy atom. The van der Waals surface area contributed by atoms with Gasteiger partial charge in [-0.3, -0.25) is 4.79 Å². The van der Waals surface area contributed by atoms with Crippen molar-refractivity contribution < 1.29 is 4.79 Å². The Kier molecular flexibility index (Phi) is 6.28. The summed E-state index contributed by atoms with van der Waals surface area (Å²) in [4.78, 5) is 23.1. The van der Waals surface area contributed by atoms with E-state index < -0.39 is 0 Å². The fourth-order valence-electron chi connectivity index (χ4n) is 3.18. The van der Waals surface area contributed by atoms with Crippen LogP contribution in [0.2, 0.25) is 5.02 Å². The van der Waals surface area contributed by atoms with Gasteiger partial charge in [0.25, 0.3) is 0 Å². The van der Waals surface area contributed by atoms with Crippen LogP contribution in [0.15, 0.2) is 36.5 Å². The predicted octanol–water partition coefficient (Wildman–Crippen LogP) is 3.09. The van der Waals surface area contributed by atoms with Crippen molar-refractivity contribution in [1.82, 2.24) is 15.3 Å². The van der Waals surface area contributed by atoms with Gasteiger partial charge >= 0.3 is 0 Å². The summed E-state index contributed by atoms with van der Waals surface area (Å²) < 4.78 is 0. The molecule has 1 saturated heterocycles. The molecule has 1 amide bonds. The first-order valence-corrected chi connectivity index (χ1v) is 9.29. The van der Waals surface area contributed by atoms with E-state index in [-0.39, 0.29) is 5.91 Å². The molecule has 0 radical (unpaired) electrons. The fraction of sp³-hybridized carbons (Fsp3) is 0.421. The Balaban J connectivity index is 1.44. The molecule has 1 aliphatic heterocycles. The Hall–Kier alpha value is -2.34. The van der Waals surface area contributed by atoms with Gasteiger partial charge in [0.05, 0.1) is 0 Å². The maximum Gasteiger partial charge on any atom is 0.224 e. The van der Waals surface area contributed by atoms with E-state index in [0.717, 1.165) is 37.3 Å². The highest BCUT2D eigenvalue weighted by molar-refractivity contribution is 6.31. The van der Waals surface area contributed by atoms with Gasteiger partial charge in [-0.05, 0) is 36.5 Å². The van der Waals surface area contributed by atoms with Crippen LogP contribution < -0.4 is 15.5 Å². The third-order valence-electron chi connectivity index (χ3n) is 4.71. The van der Waals surface area contributed by atoms with Gasteiger partial charge < -0.3 is 15.5 Å². The number of hydrogen-bond donors (Lipinski definition) is 2. The number of rotatable bonds is 6. The normalized spacial score (nSPS) is 14.9. The van der Waals surface area contributed by atoms with Crippen molar-refractivity contribution in [3.05, 3.63) is 47.1 Å². The first-order chi connectivity index (χ1) is 12.7. The molecule has 2 aromatic rings. The Morgan fingerprint density at radius 1 is 1.27 bits per heavy atom. The number of nitrogens with one attached hydrogen (secondary N) is 2. The standard InChI is InChI=1S/C19H24ClN5O/c1-21-19-22-9-6-17(24-19)25-10-7-14(8-11-25)12-18(26)23-13-15-4-2-3-5-16(15)20/h2-6,9,14H,7-8,10-13H2,1H3,(H,23,26)(H,21,22,24). The van der Waals surface area contributed by atoms with Crippen molar-refractivity contribution in [2.24, 2.45) is 5.92 Å². The number of halogens is 1. The Bertz CT molecular complexity index is 746. The quantitative estimate of drug-likeness (QED) is 0.814. The fourth-order valence-corrected chi connectivity index (χ4v) is 3.38. The monoisotopic (exact) mass is 373 g/mol. The van der Waals surface area contributed by atoms with E-state index in [1.165, 1.54) is 0 Å². The first-order valence-electron chi connectivity index (χ1n) is 8.91. The summed E-state index contributed by atoms with van der Waals surface area (Å²) in [6.45, 7) is 2.29. The van der Waals surface area contributed by atoms with E-state index >= 15 is 0 Å². The van der Waals surface area contributed by atoms with E-state index in [0.29, 0.717) is 29.9 Å². The highest BCUT2D eigenvalue weighted by atomic mass is 35.5. The van der Waals surface area contributed by atoms with Gasteiger partial charge in [-0.1, -0.05) is 29.8 Å². The maximum absolute atomic E-state index is 12.2. The SMILES string of the molecule is CNc1nccc(N2CCC(CC(=O)NCc3ccccc3Cl)CC2)n1. The lowest BCUT2D eigenvalue weighted by Crippen LogP contribution is -2.36. The minimum absolute atomic E-state index is 0.0860. The van der Waals surface area contributed by atoms with Gasteiger partial charge in [0.2, 0.25) is 11.9 Å². The summed E-state index contributed by atoms with van der Waals surface area (Å²) in [6, 6.07) is 9.51. The lowest BCUT2D eigenvalue weighted by molar-refractivity contribution is -0.122. The summed E-state index contributed by atoms with van der Waals surface area (Å²) in [7, 11) is 1.81. The number of amides is 1. The van der Waals surface area contributed by atoms with Crippen molar-refractivity contribution >= 4 is 29.3 Å². The summed E-state index contributed by atoms with van der Waals surface area (Å²) in [5.41, 5.74) is 0.946. The molecule has 1 aromatic heterocycles. The second-order valence-corrected chi connectivity index (χ2v) is 6.90. The minimum atomic E-state index is 0.0860. The molecule has 2 heterocycles. The van der Waals surface area contributed by atoms with Crippen LogP contribution in [0, 0.1) is 5.92 Å². The number of piperidine rings is 1. The highest BCUT2D eigenvalue weighted by Gasteiger charge is 2.22. The van der Waals surface area contributed by atoms with Gasteiger partial charge in [-0.15, -0.1) is 0 Å². The van der Waals surface area contributed by atoms with Crippen molar-refractivity contribution in [2.75, 3.05) is 30.4 Å². The van der Waals surface area contributed by atoms with Crippen LogP contribution in [0.4, 0.5) is 11.8 Å². The van der Waals surface area contributed by atoms with Gasteiger partial charge in [-0.25, -0.2) is 4.98 Å². The lowest BCUT2D eigenvalue weighted by Gasteiger charge is -2.32. The summed E-state index contributed by atoms with van der Waals surface area (Å²) >= 11 is 6.12. The molecule has 0 aliphatic carbocycles. The zero-order valence-corrected chi connectivity index (χ0v) is 15.7. The van der Waals surface area contributed by atoms with E-state index in [4.69, 9.17) is 11.6 Å². The molecule has 1 aliphatic rings. The molecule has 0 unspecified atom stereocenters. The first kappa shape index (κ1) is 18.5. The van der Waals surface area contributed by atoms with E-state index in [1.807, 2.05) is 37.4 Å². The van der Waals surface area contributed by atoms with Gasteiger partial charge in [0, 0.05) is 44.3 Å². The third-order valence-corrected chi connectivity index (χ3v) is 5.08. The third kappa shape index (κ3) is 4.85. The van der Waals surface area contributed by atoms with Crippen molar-refractivity contribution in [1.29, 1.82) is 0 Å². The molecular weight excluding hydrogens is 350 g/mol. The van der Waals surface area contributed by atoms with Crippen molar-refractivity contribution in [3.63, 3.8) is 0 Å². The van der Waals surface area contributed by atoms with E-state index in [2.05, 4.69) is 25.5 Å². The number of nitrogens with zero attached hydrogens (tertiary/aromatic N) is 3. The van der Waals surface area contributed by atoms with Crippen LogP contribution in [-0.2, 0) is 11.3 Å². The number of hydrogen-bond acceptors (Lipinski definition) is 5. The molecule has 0 bridgehead atoms. The largest absolute Gasteiger partial charge is 0.357 e. The number of anilines is 2. The van der Waals surface area contributed by atoms with Crippen molar-refractivity contribution in [3.8, 4) is 0 Å². The Labute approximate surface area is 159 Å². The van der Waals surface area contributed by atoms with Crippen molar-refractivity contribution in [2.45, 2.75) is 25.8 Å². The van der Waals surface area contributed by atoms with E-state index in [1.54, 1.807) is 6.20 Å². The van der Waals surface area contributed by atoms with E-state index in [9.17, 15) is 4.79 Å². The highest BCUT2D eigenvalue weighted by Crippen LogP contribution is 2.24. The molecule has 1 fully saturated rings. The number of carbonyl (C=O) groups excluding carboxylic acids is 1. The molecule has 1 aromatic carbocycles. The van der Waals surface area contributed by atoms with Crippen LogP contribution in [0.5, 0.6) is 0 Å². The van der Waals surface area contributed by atoms with Crippen LogP contribution in [0.25, 0.3) is 0 Å². The maximum atomic E-state index is 12.2. The van der Waals surface area contributed by atoms with Crippen LogP contribution in [0.3, 0.4) is 0 Å². The van der Waals surface area contributed by atoms with Gasteiger partial charge in [0.15, 0.2) is 0 Å². The zero-order chi connectivity index (χ0) is 18.4. The second kappa shape index (κ2) is 8.85. The molecule has 2 N–H and O–H groups in total. The summed E-state index contributed by atoms with van der Waals surface area (Å²) in [6.07, 6.45) is 4.29. The van der Waals surface area contributed by atoms with Crippen LogP contribution >= 0.6 is 11.6 Å². The summed E-state index contributed by atoms with van der Waals surface area (Å²) in [5.74, 6) is 2.06. The molecule has 138 valence electrons. The average Bonchev–Trinajstić information content (AvgIpc) is 2.68. The smallest absolute Gasteiger partial charge is 0.224 e. The summed E-state index contributed by atoms with van der Waals surface area (Å²) in [5, 5.41) is 6.63. The van der Waals surface area contributed by atoms with Gasteiger partial charge in [-0.2, -0.15) is 4.98 Å². The molecule has 6 nitrogen and oxygen atoms in total. The molecule has 0 spiro atoms. The average molecular weight is 374 g/mol. The number of carbonyl (C=O) groups is 1. The predicted molar refractivity (Wildman–Crippen MR) is 104 cm³/mol. The zero-order valence-electron chi connectivity index (χ0n) is 14.9. The molecular formula is C19H24ClN5O. The topological polar surface area (TPSA) is 70.2 Å². The lowest BCUT2D eigenvalue weighted by atomic mass is 9.93. The molecule has 0 saturated carbocycles. The number of aromatic nitrogens is 2. The molecule has 3 rings (SSSR count).